The van der Waals surface area contributed by atoms with Crippen molar-refractivity contribution >= 4 is 17.7 Å². The van der Waals surface area contributed by atoms with Crippen molar-refractivity contribution < 1.29 is 14.3 Å². The number of piperazine rings is 1. The summed E-state index contributed by atoms with van der Waals surface area (Å²) in [6, 6.07) is 5.63. The molecular formula is C19H27N5O3S. The van der Waals surface area contributed by atoms with Crippen molar-refractivity contribution in [2.75, 3.05) is 53.2 Å². The summed E-state index contributed by atoms with van der Waals surface area (Å²) in [5, 5.41) is 9.41. The number of methoxy groups -OCH3 is 2. The van der Waals surface area contributed by atoms with Gasteiger partial charge in [-0.05, 0) is 26.1 Å². The fourth-order valence-corrected chi connectivity index (χ4v) is 4.01. The average Bonchev–Trinajstić information content (AvgIpc) is 3.15. The molecule has 0 atom stereocenters. The van der Waals surface area contributed by atoms with E-state index in [2.05, 4.69) is 22.1 Å². The quantitative estimate of drug-likeness (QED) is 0.651. The van der Waals surface area contributed by atoms with E-state index >= 15 is 0 Å². The Morgan fingerprint density at radius 1 is 1.07 bits per heavy atom. The van der Waals surface area contributed by atoms with E-state index in [1.165, 1.54) is 11.8 Å². The van der Waals surface area contributed by atoms with Crippen LogP contribution in [0.15, 0.2) is 23.4 Å². The van der Waals surface area contributed by atoms with E-state index in [0.717, 1.165) is 42.7 Å². The number of nitrogens with zero attached hydrogens (tertiary/aromatic N) is 5. The number of hydrogen-bond donors (Lipinski definition) is 0. The summed E-state index contributed by atoms with van der Waals surface area (Å²) in [4.78, 5) is 16.7. The summed E-state index contributed by atoms with van der Waals surface area (Å²) in [6.07, 6.45) is 0. The molecule has 0 spiro atoms. The Morgan fingerprint density at radius 2 is 1.71 bits per heavy atom. The number of hydrogen-bond acceptors (Lipinski definition) is 7. The Hall–Kier alpha value is -2.26. The first-order chi connectivity index (χ1) is 13.5. The summed E-state index contributed by atoms with van der Waals surface area (Å²) >= 11 is 1.43. The van der Waals surface area contributed by atoms with Crippen LogP contribution >= 0.6 is 11.8 Å². The second kappa shape index (κ2) is 9.29. The van der Waals surface area contributed by atoms with Crippen LogP contribution in [0.1, 0.15) is 6.92 Å². The van der Waals surface area contributed by atoms with E-state index in [0.29, 0.717) is 23.8 Å². The first kappa shape index (κ1) is 20.5. The van der Waals surface area contributed by atoms with Gasteiger partial charge in [-0.15, -0.1) is 10.2 Å². The van der Waals surface area contributed by atoms with Crippen LogP contribution in [0.4, 0.5) is 0 Å². The van der Waals surface area contributed by atoms with E-state index in [1.54, 1.807) is 14.2 Å². The second-order valence-corrected chi connectivity index (χ2v) is 7.57. The Kier molecular flexibility index (Phi) is 6.79. The fourth-order valence-electron chi connectivity index (χ4n) is 3.10. The molecule has 2 aromatic rings. The van der Waals surface area contributed by atoms with E-state index in [9.17, 15) is 4.79 Å². The highest BCUT2D eigenvalue weighted by Crippen LogP contribution is 2.30. The van der Waals surface area contributed by atoms with Gasteiger partial charge >= 0.3 is 0 Å². The number of rotatable bonds is 7. The normalized spacial score (nSPS) is 14.9. The molecule has 0 radical (unpaired) electrons. The second-order valence-electron chi connectivity index (χ2n) is 6.62. The molecule has 3 rings (SSSR count). The molecule has 0 N–H and O–H groups in total. The van der Waals surface area contributed by atoms with Crippen LogP contribution < -0.4 is 9.47 Å². The van der Waals surface area contributed by atoms with Gasteiger partial charge in [0.2, 0.25) is 5.91 Å². The highest BCUT2D eigenvalue weighted by Gasteiger charge is 2.21. The smallest absolute Gasteiger partial charge is 0.233 e. The molecule has 1 fully saturated rings. The lowest BCUT2D eigenvalue weighted by atomic mass is 10.2. The van der Waals surface area contributed by atoms with Crippen molar-refractivity contribution in [3.8, 4) is 22.9 Å². The Balaban J connectivity index is 1.74. The number of amides is 1. The molecule has 0 unspecified atom stereocenters. The van der Waals surface area contributed by atoms with E-state index < -0.39 is 0 Å². The molecule has 1 aliphatic rings. The highest BCUT2D eigenvalue weighted by molar-refractivity contribution is 7.99. The molecule has 1 aromatic carbocycles. The third-order valence-electron chi connectivity index (χ3n) is 4.82. The number of benzene rings is 1. The third-order valence-corrected chi connectivity index (χ3v) is 5.77. The van der Waals surface area contributed by atoms with Crippen LogP contribution in [0.3, 0.4) is 0 Å². The molecule has 9 heteroatoms. The van der Waals surface area contributed by atoms with Gasteiger partial charge in [0.1, 0.15) is 11.5 Å². The zero-order valence-corrected chi connectivity index (χ0v) is 17.7. The number of ether oxygens (including phenoxy) is 2. The van der Waals surface area contributed by atoms with Gasteiger partial charge in [-0.3, -0.25) is 4.79 Å². The minimum absolute atomic E-state index is 0.147. The lowest BCUT2D eigenvalue weighted by Crippen LogP contribution is -2.47. The largest absolute Gasteiger partial charge is 0.497 e. The molecule has 2 heterocycles. The van der Waals surface area contributed by atoms with E-state index in [-0.39, 0.29) is 5.91 Å². The molecule has 1 aliphatic heterocycles. The molecule has 0 bridgehead atoms. The minimum Gasteiger partial charge on any atom is -0.497 e. The van der Waals surface area contributed by atoms with Crippen molar-refractivity contribution in [1.29, 1.82) is 0 Å². The summed E-state index contributed by atoms with van der Waals surface area (Å²) in [6.45, 7) is 6.15. The van der Waals surface area contributed by atoms with Crippen molar-refractivity contribution in [2.45, 2.75) is 18.6 Å². The molecule has 0 saturated carbocycles. The van der Waals surface area contributed by atoms with E-state index in [1.807, 2.05) is 34.6 Å². The highest BCUT2D eigenvalue weighted by atomic mass is 32.2. The summed E-state index contributed by atoms with van der Waals surface area (Å²) in [5.41, 5.74) is 0.864. The number of likely N-dealkylation sites (N-methyl/N-ethyl adjacent to an activating group) is 1. The van der Waals surface area contributed by atoms with Crippen molar-refractivity contribution in [1.82, 2.24) is 24.6 Å². The van der Waals surface area contributed by atoms with Gasteiger partial charge in [0.25, 0.3) is 0 Å². The molecular weight excluding hydrogens is 378 g/mol. The van der Waals surface area contributed by atoms with Crippen molar-refractivity contribution in [2.24, 2.45) is 0 Å². The first-order valence-electron chi connectivity index (χ1n) is 9.31. The van der Waals surface area contributed by atoms with Crippen molar-refractivity contribution in [3.63, 3.8) is 0 Å². The standard InChI is InChI=1S/C19H27N5O3S/c1-5-24-18(14-10-15(26-3)12-16(11-14)27-4)20-21-19(24)28-13-17(25)23-8-6-22(2)7-9-23/h10-12H,5-9,13H2,1-4H3. The topological polar surface area (TPSA) is 72.7 Å². The molecule has 152 valence electrons. The Morgan fingerprint density at radius 3 is 2.29 bits per heavy atom. The summed E-state index contributed by atoms with van der Waals surface area (Å²) in [5.74, 6) is 2.63. The molecule has 1 aromatic heterocycles. The summed E-state index contributed by atoms with van der Waals surface area (Å²) in [7, 11) is 5.32. The van der Waals surface area contributed by atoms with Gasteiger partial charge in [0.05, 0.1) is 20.0 Å². The number of aromatic nitrogens is 3. The Labute approximate surface area is 169 Å². The molecule has 0 aliphatic carbocycles. The SMILES string of the molecule is CCn1c(SCC(=O)N2CCN(C)CC2)nnc1-c1cc(OC)cc(OC)c1. The van der Waals surface area contributed by atoms with E-state index in [4.69, 9.17) is 9.47 Å². The third kappa shape index (κ3) is 4.59. The van der Waals surface area contributed by atoms with Crippen LogP contribution in [-0.2, 0) is 11.3 Å². The average molecular weight is 406 g/mol. The van der Waals surface area contributed by atoms with Gasteiger partial charge in [-0.1, -0.05) is 11.8 Å². The van der Waals surface area contributed by atoms with Gasteiger partial charge in [-0.2, -0.15) is 0 Å². The minimum atomic E-state index is 0.147. The lowest BCUT2D eigenvalue weighted by Gasteiger charge is -2.32. The zero-order chi connectivity index (χ0) is 20.1. The molecule has 8 nitrogen and oxygen atoms in total. The van der Waals surface area contributed by atoms with Crippen LogP contribution in [0.5, 0.6) is 11.5 Å². The molecule has 1 amide bonds. The van der Waals surface area contributed by atoms with Crippen LogP contribution in [-0.4, -0.2) is 83.7 Å². The predicted molar refractivity (Wildman–Crippen MR) is 109 cm³/mol. The predicted octanol–water partition coefficient (Wildman–Crippen LogP) is 1.85. The number of thioether (sulfide) groups is 1. The maximum atomic E-state index is 12.5. The van der Waals surface area contributed by atoms with Gasteiger partial charge in [-0.25, -0.2) is 0 Å². The molecule has 28 heavy (non-hydrogen) atoms. The van der Waals surface area contributed by atoms with Gasteiger partial charge < -0.3 is 23.8 Å². The first-order valence-corrected chi connectivity index (χ1v) is 10.3. The Bertz CT molecular complexity index is 796. The van der Waals surface area contributed by atoms with Crippen molar-refractivity contribution in [3.05, 3.63) is 18.2 Å². The molecule has 1 saturated heterocycles. The van der Waals surface area contributed by atoms with Crippen LogP contribution in [0, 0.1) is 0 Å². The maximum absolute atomic E-state index is 12.5. The van der Waals surface area contributed by atoms with Gasteiger partial charge in [0.15, 0.2) is 11.0 Å². The van der Waals surface area contributed by atoms with Crippen LogP contribution in [0.2, 0.25) is 0 Å². The van der Waals surface area contributed by atoms with Gasteiger partial charge in [0, 0.05) is 44.4 Å². The van der Waals surface area contributed by atoms with Crippen LogP contribution in [0.25, 0.3) is 11.4 Å². The maximum Gasteiger partial charge on any atom is 0.233 e. The zero-order valence-electron chi connectivity index (χ0n) is 16.8. The number of carbonyl (C=O) groups is 1. The summed E-state index contributed by atoms with van der Waals surface area (Å²) < 4.78 is 12.7. The fraction of sp³-hybridized carbons (Fsp3) is 0.526. The number of carbonyl (C=O) groups excluding carboxylic acids is 1. The monoisotopic (exact) mass is 405 g/mol. The lowest BCUT2D eigenvalue weighted by molar-refractivity contribution is -0.129.